The predicted octanol–water partition coefficient (Wildman–Crippen LogP) is 4.26. The molecule has 0 N–H and O–H groups in total. The van der Waals surface area contributed by atoms with E-state index in [9.17, 15) is 9.18 Å². The zero-order chi connectivity index (χ0) is 20.9. The molecule has 1 unspecified atom stereocenters. The van der Waals surface area contributed by atoms with Gasteiger partial charge in [-0.05, 0) is 54.9 Å². The van der Waals surface area contributed by atoms with Gasteiger partial charge in [-0.2, -0.15) is 0 Å². The number of allylic oxidation sites excluding steroid dienone is 1. The molecule has 2 aliphatic carbocycles. The highest BCUT2D eigenvalue weighted by molar-refractivity contribution is 5.76. The summed E-state index contributed by atoms with van der Waals surface area (Å²) in [5.74, 6) is 0.615. The summed E-state index contributed by atoms with van der Waals surface area (Å²) in [6, 6.07) is 6.74. The van der Waals surface area contributed by atoms with Gasteiger partial charge < -0.3 is 9.64 Å². The Morgan fingerprint density at radius 2 is 1.90 bits per heavy atom. The molecule has 5 atom stereocenters. The van der Waals surface area contributed by atoms with E-state index in [1.165, 1.54) is 31.4 Å². The van der Waals surface area contributed by atoms with Gasteiger partial charge in [-0.3, -0.25) is 9.69 Å². The number of fused-ring (bicyclic) bond motifs is 2. The van der Waals surface area contributed by atoms with Crippen LogP contribution >= 0.6 is 0 Å². The van der Waals surface area contributed by atoms with Crippen LogP contribution < -0.4 is 4.90 Å². The van der Waals surface area contributed by atoms with Crippen LogP contribution in [0.3, 0.4) is 0 Å². The second-order valence-corrected chi connectivity index (χ2v) is 10.1. The Morgan fingerprint density at radius 3 is 2.63 bits per heavy atom. The molecule has 4 aliphatic rings. The van der Waals surface area contributed by atoms with E-state index in [-0.39, 0.29) is 35.1 Å². The third-order valence-corrected chi connectivity index (χ3v) is 8.10. The number of rotatable bonds is 3. The van der Waals surface area contributed by atoms with Crippen molar-refractivity contribution in [2.75, 3.05) is 37.6 Å². The van der Waals surface area contributed by atoms with Crippen LogP contribution in [-0.2, 0) is 9.53 Å². The Balaban J connectivity index is 1.25. The fourth-order valence-corrected chi connectivity index (χ4v) is 6.38. The lowest BCUT2D eigenvalue weighted by Crippen LogP contribution is -2.49. The van der Waals surface area contributed by atoms with Crippen molar-refractivity contribution in [1.82, 2.24) is 4.90 Å². The molecule has 162 valence electrons. The minimum absolute atomic E-state index is 0.00212. The number of benzene rings is 1. The van der Waals surface area contributed by atoms with Crippen molar-refractivity contribution in [2.45, 2.75) is 45.6 Å². The number of anilines is 1. The quantitative estimate of drug-likeness (QED) is 0.549. The number of hydrogen-bond acceptors (Lipinski definition) is 4. The van der Waals surface area contributed by atoms with Gasteiger partial charge in [0, 0.05) is 44.3 Å². The highest BCUT2D eigenvalue weighted by Crippen LogP contribution is 2.54. The van der Waals surface area contributed by atoms with Crippen molar-refractivity contribution in [3.63, 3.8) is 0 Å². The Morgan fingerprint density at radius 1 is 1.17 bits per heavy atom. The molecule has 4 nitrogen and oxygen atoms in total. The van der Waals surface area contributed by atoms with E-state index in [1.807, 2.05) is 12.1 Å². The Bertz CT molecular complexity index is 830. The zero-order valence-corrected chi connectivity index (χ0v) is 18.1. The topological polar surface area (TPSA) is 32.8 Å². The minimum Gasteiger partial charge on any atom is -0.461 e. The molecule has 5 heteroatoms. The number of carbonyl (C=O) groups is 1. The maximum absolute atomic E-state index is 13.2. The van der Waals surface area contributed by atoms with Crippen LogP contribution in [0.2, 0.25) is 0 Å². The van der Waals surface area contributed by atoms with E-state index < -0.39 is 0 Å². The molecule has 1 saturated carbocycles. The van der Waals surface area contributed by atoms with Crippen LogP contribution in [0.25, 0.3) is 0 Å². The third-order valence-electron chi connectivity index (χ3n) is 8.10. The number of hydrogen-bond donors (Lipinski definition) is 0. The molecule has 2 saturated heterocycles. The van der Waals surface area contributed by atoms with Crippen molar-refractivity contribution in [1.29, 1.82) is 0 Å². The summed E-state index contributed by atoms with van der Waals surface area (Å²) in [5, 5.41) is 0. The van der Waals surface area contributed by atoms with E-state index in [1.54, 1.807) is 5.57 Å². The molecule has 30 heavy (non-hydrogen) atoms. The third kappa shape index (κ3) is 3.55. The van der Waals surface area contributed by atoms with E-state index in [4.69, 9.17) is 4.74 Å². The van der Waals surface area contributed by atoms with E-state index in [0.717, 1.165) is 44.8 Å². The highest BCUT2D eigenvalue weighted by atomic mass is 19.1. The van der Waals surface area contributed by atoms with Crippen molar-refractivity contribution in [3.05, 3.63) is 41.7 Å². The number of ether oxygens (including phenoxy) is 1. The maximum Gasteiger partial charge on any atom is 0.311 e. The van der Waals surface area contributed by atoms with Crippen LogP contribution in [0.1, 0.15) is 39.5 Å². The SMILES string of the molecule is C[C@H]1CCC[C@]2(C)C[C@H]3OC(=O)C(CN4CCN(c5ccc(F)cc5)CC4)[C@H]3C=C12. The summed E-state index contributed by atoms with van der Waals surface area (Å²) in [4.78, 5) is 17.5. The number of halogens is 1. The van der Waals surface area contributed by atoms with Gasteiger partial charge in [0.25, 0.3) is 0 Å². The second kappa shape index (κ2) is 7.67. The van der Waals surface area contributed by atoms with Crippen LogP contribution in [0.5, 0.6) is 0 Å². The first-order valence-electron chi connectivity index (χ1n) is 11.6. The normalized spacial score (nSPS) is 36.7. The van der Waals surface area contributed by atoms with E-state index >= 15 is 0 Å². The van der Waals surface area contributed by atoms with E-state index in [2.05, 4.69) is 29.7 Å². The Kier molecular flexibility index (Phi) is 5.12. The molecule has 2 heterocycles. The van der Waals surface area contributed by atoms with Gasteiger partial charge in [-0.15, -0.1) is 0 Å². The second-order valence-electron chi connectivity index (χ2n) is 10.1. The summed E-state index contributed by atoms with van der Waals surface area (Å²) in [7, 11) is 0. The average molecular weight is 413 g/mol. The standard InChI is InChI=1S/C25H33FN2O2/c1-17-4-3-9-25(2)15-23-20(14-22(17)25)21(24(29)30-23)16-27-10-12-28(13-11-27)19-7-5-18(26)6-8-19/h5-8,14,17,20-21,23H,3-4,9-13,15-16H2,1-2H3/t17-,20+,21?,23+,25+/m0/s1. The summed E-state index contributed by atoms with van der Waals surface area (Å²) < 4.78 is 19.1. The molecule has 0 amide bonds. The molecule has 0 spiro atoms. The lowest BCUT2D eigenvalue weighted by Gasteiger charge is -2.46. The predicted molar refractivity (Wildman–Crippen MR) is 116 cm³/mol. The average Bonchev–Trinajstić information content (AvgIpc) is 3.01. The summed E-state index contributed by atoms with van der Waals surface area (Å²) in [5.41, 5.74) is 2.87. The minimum atomic E-state index is -0.198. The first kappa shape index (κ1) is 20.0. The molecular weight excluding hydrogens is 379 g/mol. The number of piperazine rings is 1. The van der Waals surface area contributed by atoms with Gasteiger partial charge in [0.1, 0.15) is 11.9 Å². The molecule has 0 radical (unpaired) electrons. The molecular formula is C25H33FN2O2. The van der Waals surface area contributed by atoms with E-state index in [0.29, 0.717) is 5.92 Å². The number of esters is 1. The Hall–Kier alpha value is -1.88. The molecule has 2 aliphatic heterocycles. The maximum atomic E-state index is 13.2. The van der Waals surface area contributed by atoms with Crippen molar-refractivity contribution in [2.24, 2.45) is 23.2 Å². The van der Waals surface area contributed by atoms with Crippen LogP contribution in [-0.4, -0.2) is 49.7 Å². The largest absolute Gasteiger partial charge is 0.461 e. The summed E-state index contributed by atoms with van der Waals surface area (Å²) in [6.45, 7) is 9.15. The highest BCUT2D eigenvalue weighted by Gasteiger charge is 2.52. The molecule has 3 fully saturated rings. The van der Waals surface area contributed by atoms with Gasteiger partial charge in [-0.25, -0.2) is 4.39 Å². The first-order valence-corrected chi connectivity index (χ1v) is 11.6. The fraction of sp³-hybridized carbons (Fsp3) is 0.640. The van der Waals surface area contributed by atoms with Gasteiger partial charge in [0.2, 0.25) is 0 Å². The van der Waals surface area contributed by atoms with Gasteiger partial charge >= 0.3 is 5.97 Å². The molecule has 1 aromatic carbocycles. The lowest BCUT2D eigenvalue weighted by atomic mass is 9.59. The van der Waals surface area contributed by atoms with Gasteiger partial charge in [0.05, 0.1) is 5.92 Å². The lowest BCUT2D eigenvalue weighted by molar-refractivity contribution is -0.145. The monoisotopic (exact) mass is 412 g/mol. The summed E-state index contributed by atoms with van der Waals surface area (Å²) in [6.07, 6.45) is 7.27. The van der Waals surface area contributed by atoms with Crippen molar-refractivity contribution in [3.8, 4) is 0 Å². The fourth-order valence-electron chi connectivity index (χ4n) is 6.38. The summed E-state index contributed by atoms with van der Waals surface area (Å²) >= 11 is 0. The Labute approximate surface area is 179 Å². The smallest absolute Gasteiger partial charge is 0.311 e. The molecule has 1 aromatic rings. The van der Waals surface area contributed by atoms with Gasteiger partial charge in [-0.1, -0.05) is 31.9 Å². The van der Waals surface area contributed by atoms with Crippen molar-refractivity contribution >= 4 is 11.7 Å². The molecule has 0 bridgehead atoms. The van der Waals surface area contributed by atoms with Crippen LogP contribution in [0.4, 0.5) is 10.1 Å². The molecule has 0 aromatic heterocycles. The molecule has 5 rings (SSSR count). The first-order chi connectivity index (χ1) is 14.4. The van der Waals surface area contributed by atoms with Crippen LogP contribution in [0.15, 0.2) is 35.9 Å². The number of nitrogens with zero attached hydrogens (tertiary/aromatic N) is 2. The van der Waals surface area contributed by atoms with Crippen LogP contribution in [0, 0.1) is 29.0 Å². The van der Waals surface area contributed by atoms with Gasteiger partial charge in [0.15, 0.2) is 0 Å². The van der Waals surface area contributed by atoms with Crippen molar-refractivity contribution < 1.29 is 13.9 Å². The zero-order valence-electron chi connectivity index (χ0n) is 18.1. The number of carbonyl (C=O) groups excluding carboxylic acids is 1.